The Morgan fingerprint density at radius 1 is 1.41 bits per heavy atom. The zero-order valence-corrected chi connectivity index (χ0v) is 18.7. The first kappa shape index (κ1) is 23.8. The summed E-state index contributed by atoms with van der Waals surface area (Å²) < 4.78 is 4.75. The van der Waals surface area contributed by atoms with Gasteiger partial charge in [0, 0.05) is 36.3 Å². The van der Waals surface area contributed by atoms with Crippen molar-refractivity contribution in [3.8, 4) is 0 Å². The predicted molar refractivity (Wildman–Crippen MR) is 118 cm³/mol. The summed E-state index contributed by atoms with van der Waals surface area (Å²) in [5.41, 5.74) is 0.667. The molecule has 1 aliphatic rings. The van der Waals surface area contributed by atoms with Gasteiger partial charge in [-0.3, -0.25) is 4.99 Å². The molecule has 2 rings (SSSR count). The van der Waals surface area contributed by atoms with E-state index in [9.17, 15) is 9.90 Å². The standard InChI is InChI=1S/C18H27ClN4O3.HI/c1-3-20-17(21-12-16(24)14-6-4-5-7-15(14)19)22-13-8-10-23(11-9-13)18(25)26-2;/h4-7,13,16,24H,3,8-12H2,1-2H3,(H2,20,21,22);1H. The molecule has 7 nitrogen and oxygen atoms in total. The molecule has 0 bridgehead atoms. The van der Waals surface area contributed by atoms with Gasteiger partial charge < -0.3 is 25.4 Å². The summed E-state index contributed by atoms with van der Waals surface area (Å²) in [6.07, 6.45) is 0.575. The average Bonchev–Trinajstić information content (AvgIpc) is 2.66. The Kier molecular flexibility index (Phi) is 10.8. The number of nitrogens with one attached hydrogen (secondary N) is 2. The molecule has 0 saturated carbocycles. The molecule has 1 fully saturated rings. The quantitative estimate of drug-likeness (QED) is 0.322. The van der Waals surface area contributed by atoms with E-state index < -0.39 is 6.10 Å². The van der Waals surface area contributed by atoms with Crippen LogP contribution in [0.1, 0.15) is 31.4 Å². The maximum Gasteiger partial charge on any atom is 0.409 e. The fourth-order valence-corrected chi connectivity index (χ4v) is 3.13. The first-order valence-corrected chi connectivity index (χ1v) is 9.23. The first-order chi connectivity index (χ1) is 12.5. The number of methoxy groups -OCH3 is 1. The van der Waals surface area contributed by atoms with E-state index >= 15 is 0 Å². The van der Waals surface area contributed by atoms with E-state index in [1.807, 2.05) is 19.1 Å². The van der Waals surface area contributed by atoms with Gasteiger partial charge in [-0.1, -0.05) is 29.8 Å². The number of nitrogens with zero attached hydrogens (tertiary/aromatic N) is 2. The molecular formula is C18H28ClIN4O3. The molecule has 0 spiro atoms. The zero-order valence-electron chi connectivity index (χ0n) is 15.7. The summed E-state index contributed by atoms with van der Waals surface area (Å²) in [5, 5.41) is 17.4. The van der Waals surface area contributed by atoms with Crippen molar-refractivity contribution in [1.82, 2.24) is 15.5 Å². The van der Waals surface area contributed by atoms with E-state index in [0.717, 1.165) is 19.4 Å². The molecule has 1 unspecified atom stereocenters. The lowest BCUT2D eigenvalue weighted by atomic mass is 10.1. The molecule has 0 aliphatic carbocycles. The van der Waals surface area contributed by atoms with Crippen molar-refractivity contribution in [2.45, 2.75) is 31.9 Å². The number of rotatable bonds is 5. The van der Waals surface area contributed by atoms with Gasteiger partial charge in [0.05, 0.1) is 13.7 Å². The molecule has 1 saturated heterocycles. The molecule has 3 N–H and O–H groups in total. The van der Waals surface area contributed by atoms with Crippen molar-refractivity contribution in [2.24, 2.45) is 4.99 Å². The molecule has 152 valence electrons. The van der Waals surface area contributed by atoms with Crippen molar-refractivity contribution in [3.63, 3.8) is 0 Å². The maximum absolute atomic E-state index is 11.5. The van der Waals surface area contributed by atoms with Crippen molar-refractivity contribution in [2.75, 3.05) is 33.3 Å². The third kappa shape index (κ3) is 7.34. The highest BCUT2D eigenvalue weighted by Gasteiger charge is 2.23. The highest BCUT2D eigenvalue weighted by Crippen LogP contribution is 2.22. The summed E-state index contributed by atoms with van der Waals surface area (Å²) >= 11 is 6.12. The number of aliphatic imine (C=N–C) groups is 1. The zero-order chi connectivity index (χ0) is 18.9. The normalized spacial score (nSPS) is 16.3. The number of benzene rings is 1. The number of piperidine rings is 1. The van der Waals surface area contributed by atoms with Crippen LogP contribution in [-0.2, 0) is 4.74 Å². The Morgan fingerprint density at radius 2 is 2.07 bits per heavy atom. The second-order valence-electron chi connectivity index (χ2n) is 6.13. The monoisotopic (exact) mass is 510 g/mol. The number of carbonyl (C=O) groups is 1. The van der Waals surface area contributed by atoms with Gasteiger partial charge in [-0.2, -0.15) is 0 Å². The topological polar surface area (TPSA) is 86.2 Å². The van der Waals surface area contributed by atoms with E-state index in [-0.39, 0.29) is 42.7 Å². The smallest absolute Gasteiger partial charge is 0.409 e. The lowest BCUT2D eigenvalue weighted by Gasteiger charge is -2.32. The molecule has 9 heteroatoms. The highest BCUT2D eigenvalue weighted by molar-refractivity contribution is 14.0. The number of hydrogen-bond acceptors (Lipinski definition) is 4. The number of aliphatic hydroxyl groups excluding tert-OH is 1. The van der Waals surface area contributed by atoms with Gasteiger partial charge in [-0.15, -0.1) is 24.0 Å². The van der Waals surface area contributed by atoms with Gasteiger partial charge in [0.15, 0.2) is 5.96 Å². The number of likely N-dealkylation sites (tertiary alicyclic amines) is 1. The van der Waals surface area contributed by atoms with Crippen molar-refractivity contribution < 1.29 is 14.6 Å². The fraction of sp³-hybridized carbons (Fsp3) is 0.556. The summed E-state index contributed by atoms with van der Waals surface area (Å²) in [4.78, 5) is 17.7. The Hall–Kier alpha value is -1.26. The molecule has 1 aromatic rings. The van der Waals surface area contributed by atoms with E-state index in [2.05, 4.69) is 15.6 Å². The molecule has 0 radical (unpaired) electrons. The number of halogens is 2. The third-order valence-electron chi connectivity index (χ3n) is 4.30. The largest absolute Gasteiger partial charge is 0.453 e. The van der Waals surface area contributed by atoms with Crippen LogP contribution in [0.3, 0.4) is 0 Å². The molecule has 1 amide bonds. The van der Waals surface area contributed by atoms with Gasteiger partial charge >= 0.3 is 6.09 Å². The van der Waals surface area contributed by atoms with Gasteiger partial charge in [0.25, 0.3) is 0 Å². The number of ether oxygens (including phenoxy) is 1. The molecule has 1 atom stereocenters. The minimum absolute atomic E-state index is 0. The summed E-state index contributed by atoms with van der Waals surface area (Å²) in [5.74, 6) is 0.648. The van der Waals surface area contributed by atoms with Gasteiger partial charge in [0.1, 0.15) is 6.10 Å². The van der Waals surface area contributed by atoms with Gasteiger partial charge in [-0.25, -0.2) is 4.79 Å². The second kappa shape index (κ2) is 12.2. The minimum Gasteiger partial charge on any atom is -0.453 e. The minimum atomic E-state index is -0.764. The van der Waals surface area contributed by atoms with Crippen molar-refractivity contribution in [1.29, 1.82) is 0 Å². The molecule has 1 aromatic carbocycles. The van der Waals surface area contributed by atoms with E-state index in [4.69, 9.17) is 16.3 Å². The molecular weight excluding hydrogens is 483 g/mol. The third-order valence-corrected chi connectivity index (χ3v) is 4.64. The lowest BCUT2D eigenvalue weighted by Crippen LogP contribution is -2.49. The number of carbonyl (C=O) groups excluding carboxylic acids is 1. The summed E-state index contributed by atoms with van der Waals surface area (Å²) in [6.45, 7) is 4.20. The van der Waals surface area contributed by atoms with Crippen LogP contribution >= 0.6 is 35.6 Å². The van der Waals surface area contributed by atoms with Crippen LogP contribution in [0.4, 0.5) is 4.79 Å². The molecule has 1 heterocycles. The lowest BCUT2D eigenvalue weighted by molar-refractivity contribution is 0.111. The maximum atomic E-state index is 11.5. The SMILES string of the molecule is CCNC(=NCC(O)c1ccccc1Cl)NC1CCN(C(=O)OC)CC1.I. The first-order valence-electron chi connectivity index (χ1n) is 8.85. The Bertz CT molecular complexity index is 624. The van der Waals surface area contributed by atoms with Crippen LogP contribution in [-0.4, -0.2) is 61.4 Å². The molecule has 1 aliphatic heterocycles. The summed E-state index contributed by atoms with van der Waals surface area (Å²) in [7, 11) is 1.40. The van der Waals surface area contributed by atoms with Crippen molar-refractivity contribution in [3.05, 3.63) is 34.9 Å². The van der Waals surface area contributed by atoms with E-state index in [1.54, 1.807) is 17.0 Å². The summed E-state index contributed by atoms with van der Waals surface area (Å²) in [6, 6.07) is 7.43. The number of guanidine groups is 1. The Balaban J connectivity index is 0.00000364. The van der Waals surface area contributed by atoms with Crippen LogP contribution in [0.25, 0.3) is 0 Å². The number of amides is 1. The van der Waals surface area contributed by atoms with Crippen LogP contribution < -0.4 is 10.6 Å². The fourth-order valence-electron chi connectivity index (χ4n) is 2.87. The van der Waals surface area contributed by atoms with E-state index in [0.29, 0.717) is 29.6 Å². The van der Waals surface area contributed by atoms with Crippen LogP contribution in [0.5, 0.6) is 0 Å². The highest BCUT2D eigenvalue weighted by atomic mass is 127. The Morgan fingerprint density at radius 3 is 2.67 bits per heavy atom. The van der Waals surface area contributed by atoms with Gasteiger partial charge in [-0.05, 0) is 25.8 Å². The van der Waals surface area contributed by atoms with Crippen LogP contribution in [0, 0.1) is 0 Å². The molecule has 27 heavy (non-hydrogen) atoms. The Labute approximate surface area is 182 Å². The second-order valence-corrected chi connectivity index (χ2v) is 6.54. The number of aliphatic hydroxyl groups is 1. The molecule has 0 aromatic heterocycles. The average molecular weight is 511 g/mol. The van der Waals surface area contributed by atoms with E-state index in [1.165, 1.54) is 7.11 Å². The van der Waals surface area contributed by atoms with Crippen LogP contribution in [0.15, 0.2) is 29.3 Å². The predicted octanol–water partition coefficient (Wildman–Crippen LogP) is 2.78. The van der Waals surface area contributed by atoms with Gasteiger partial charge in [0.2, 0.25) is 0 Å². The number of hydrogen-bond donors (Lipinski definition) is 3. The van der Waals surface area contributed by atoms with Crippen LogP contribution in [0.2, 0.25) is 5.02 Å². The van der Waals surface area contributed by atoms with Crippen molar-refractivity contribution >= 4 is 47.6 Å².